The molecule has 0 aliphatic rings. The molecule has 0 amide bonds. The van der Waals surface area contributed by atoms with Crippen LogP contribution < -0.4 is 5.73 Å². The van der Waals surface area contributed by atoms with Gasteiger partial charge in [0.25, 0.3) is 0 Å². The van der Waals surface area contributed by atoms with Gasteiger partial charge in [-0.05, 0) is 31.0 Å². The van der Waals surface area contributed by atoms with Crippen LogP contribution in [0.3, 0.4) is 0 Å². The van der Waals surface area contributed by atoms with E-state index in [9.17, 15) is 5.11 Å². The van der Waals surface area contributed by atoms with Gasteiger partial charge < -0.3 is 15.8 Å². The van der Waals surface area contributed by atoms with E-state index < -0.39 is 0 Å². The molecular formula is C13H15N3O. The van der Waals surface area contributed by atoms with Crippen LogP contribution in [0.25, 0.3) is 10.9 Å². The molecule has 1 aromatic heterocycles. The second-order valence-electron chi connectivity index (χ2n) is 4.25. The fourth-order valence-corrected chi connectivity index (χ4v) is 1.99. The van der Waals surface area contributed by atoms with Gasteiger partial charge in [0.15, 0.2) is 0 Å². The third-order valence-corrected chi connectivity index (χ3v) is 2.93. The minimum Gasteiger partial charge on any atom is -0.507 e. The fourth-order valence-electron chi connectivity index (χ4n) is 1.99. The number of aromatic nitrogens is 1. The molecule has 88 valence electrons. The van der Waals surface area contributed by atoms with Gasteiger partial charge in [-0.1, -0.05) is 6.07 Å². The van der Waals surface area contributed by atoms with Gasteiger partial charge in [-0.3, -0.25) is 0 Å². The highest BCUT2D eigenvalue weighted by molar-refractivity contribution is 5.87. The molecule has 0 spiro atoms. The molecule has 0 fully saturated rings. The lowest BCUT2D eigenvalue weighted by Gasteiger charge is -2.08. The van der Waals surface area contributed by atoms with Crippen molar-refractivity contribution in [2.45, 2.75) is 13.3 Å². The summed E-state index contributed by atoms with van der Waals surface area (Å²) in [4.78, 5) is 3.16. The highest BCUT2D eigenvalue weighted by atomic mass is 16.3. The zero-order valence-electron chi connectivity index (χ0n) is 9.70. The summed E-state index contributed by atoms with van der Waals surface area (Å²) < 4.78 is 0. The number of aryl methyl sites for hydroxylation is 1. The van der Waals surface area contributed by atoms with Crippen LogP contribution in [-0.4, -0.2) is 16.6 Å². The molecule has 4 heteroatoms. The Morgan fingerprint density at radius 1 is 1.53 bits per heavy atom. The highest BCUT2D eigenvalue weighted by Crippen LogP contribution is 2.30. The van der Waals surface area contributed by atoms with E-state index in [0.717, 1.165) is 22.2 Å². The van der Waals surface area contributed by atoms with Crippen molar-refractivity contribution in [1.82, 2.24) is 4.98 Å². The Hall–Kier alpha value is -1.99. The number of phenols is 1. The molecule has 1 heterocycles. The molecular weight excluding hydrogens is 214 g/mol. The monoisotopic (exact) mass is 229 g/mol. The first-order chi connectivity index (χ1) is 8.15. The van der Waals surface area contributed by atoms with E-state index in [4.69, 9.17) is 11.0 Å². The summed E-state index contributed by atoms with van der Waals surface area (Å²) in [6.07, 6.45) is 0.485. The molecule has 0 saturated heterocycles. The normalized spacial score (nSPS) is 12.5. The van der Waals surface area contributed by atoms with Crippen LogP contribution in [-0.2, 0) is 6.42 Å². The number of phenolic OH excluding ortho intramolecular Hbond substituents is 1. The van der Waals surface area contributed by atoms with Crippen LogP contribution in [0.5, 0.6) is 5.75 Å². The molecule has 2 aromatic rings. The average molecular weight is 229 g/mol. The Morgan fingerprint density at radius 3 is 2.94 bits per heavy atom. The van der Waals surface area contributed by atoms with Crippen molar-refractivity contribution < 1.29 is 5.11 Å². The number of aromatic hydroxyl groups is 1. The number of nitrogens with one attached hydrogen (secondary N) is 1. The molecule has 2 rings (SSSR count). The molecule has 0 bridgehead atoms. The van der Waals surface area contributed by atoms with Gasteiger partial charge in [-0.25, -0.2) is 0 Å². The number of aromatic amines is 1. The predicted octanol–water partition coefficient (Wildman–Crippen LogP) is 1.82. The summed E-state index contributed by atoms with van der Waals surface area (Å²) >= 11 is 0. The third-order valence-electron chi connectivity index (χ3n) is 2.93. The van der Waals surface area contributed by atoms with Gasteiger partial charge in [-0.2, -0.15) is 5.26 Å². The molecule has 0 saturated carbocycles. The Bertz CT molecular complexity index is 580. The number of H-pyrrole nitrogens is 1. The lowest BCUT2D eigenvalue weighted by molar-refractivity contribution is 0.470. The molecule has 1 aromatic carbocycles. The maximum Gasteiger partial charge on any atom is 0.128 e. The van der Waals surface area contributed by atoms with E-state index in [2.05, 4.69) is 11.1 Å². The van der Waals surface area contributed by atoms with Gasteiger partial charge in [0.1, 0.15) is 5.75 Å². The number of hydrogen-bond acceptors (Lipinski definition) is 3. The van der Waals surface area contributed by atoms with Crippen molar-refractivity contribution in [2.75, 3.05) is 6.54 Å². The van der Waals surface area contributed by atoms with Crippen molar-refractivity contribution in [2.24, 2.45) is 11.7 Å². The molecule has 17 heavy (non-hydrogen) atoms. The molecule has 1 atom stereocenters. The van der Waals surface area contributed by atoms with Crippen LogP contribution in [0.4, 0.5) is 0 Å². The SMILES string of the molecule is Cc1cc2c(O)c(CC(C#N)CN)ccc2[nH]1. The summed E-state index contributed by atoms with van der Waals surface area (Å²) in [5.41, 5.74) is 8.17. The summed E-state index contributed by atoms with van der Waals surface area (Å²) in [6, 6.07) is 7.80. The Kier molecular flexibility index (Phi) is 3.03. The Balaban J connectivity index is 2.42. The van der Waals surface area contributed by atoms with Crippen molar-refractivity contribution in [1.29, 1.82) is 5.26 Å². The van der Waals surface area contributed by atoms with Crippen LogP contribution in [0.15, 0.2) is 18.2 Å². The van der Waals surface area contributed by atoms with Crippen LogP contribution in [0.2, 0.25) is 0 Å². The van der Waals surface area contributed by atoms with Gasteiger partial charge in [-0.15, -0.1) is 0 Å². The van der Waals surface area contributed by atoms with Crippen LogP contribution in [0.1, 0.15) is 11.3 Å². The van der Waals surface area contributed by atoms with Crippen molar-refractivity contribution in [3.05, 3.63) is 29.5 Å². The number of rotatable bonds is 3. The number of benzene rings is 1. The summed E-state index contributed by atoms with van der Waals surface area (Å²) in [6.45, 7) is 2.25. The Labute approximate surface area is 99.7 Å². The molecule has 1 unspecified atom stereocenters. The zero-order valence-corrected chi connectivity index (χ0v) is 9.70. The van der Waals surface area contributed by atoms with Crippen LogP contribution in [0, 0.1) is 24.2 Å². The summed E-state index contributed by atoms with van der Waals surface area (Å²) in [7, 11) is 0. The number of nitrogens with zero attached hydrogens (tertiary/aromatic N) is 1. The zero-order chi connectivity index (χ0) is 12.4. The highest BCUT2D eigenvalue weighted by Gasteiger charge is 2.12. The number of hydrogen-bond donors (Lipinski definition) is 3. The first-order valence-electron chi connectivity index (χ1n) is 5.55. The largest absolute Gasteiger partial charge is 0.507 e. The Morgan fingerprint density at radius 2 is 2.29 bits per heavy atom. The minimum absolute atomic E-state index is 0.251. The first kappa shape index (κ1) is 11.5. The summed E-state index contributed by atoms with van der Waals surface area (Å²) in [5, 5.41) is 19.8. The van der Waals surface area contributed by atoms with Gasteiger partial charge in [0.05, 0.1) is 12.0 Å². The maximum absolute atomic E-state index is 10.1. The van der Waals surface area contributed by atoms with Crippen LogP contribution >= 0.6 is 0 Å². The minimum atomic E-state index is -0.251. The maximum atomic E-state index is 10.1. The van der Waals surface area contributed by atoms with Gasteiger partial charge >= 0.3 is 0 Å². The number of nitriles is 1. The molecule has 0 aliphatic carbocycles. The quantitative estimate of drug-likeness (QED) is 0.750. The van der Waals surface area contributed by atoms with Gasteiger partial charge in [0, 0.05) is 23.1 Å². The standard InChI is InChI=1S/C13H15N3O/c1-8-4-11-12(16-8)3-2-10(13(11)17)5-9(6-14)7-15/h2-4,9,16-17H,5-6,14H2,1H3. The fraction of sp³-hybridized carbons (Fsp3) is 0.308. The molecule has 4 N–H and O–H groups in total. The number of fused-ring (bicyclic) bond motifs is 1. The molecule has 0 radical (unpaired) electrons. The second kappa shape index (κ2) is 4.48. The lowest BCUT2D eigenvalue weighted by Crippen LogP contribution is -2.14. The predicted molar refractivity (Wildman–Crippen MR) is 66.6 cm³/mol. The van der Waals surface area contributed by atoms with Crippen molar-refractivity contribution >= 4 is 10.9 Å². The van der Waals surface area contributed by atoms with E-state index in [1.807, 2.05) is 25.1 Å². The van der Waals surface area contributed by atoms with E-state index >= 15 is 0 Å². The molecule has 0 aliphatic heterocycles. The van der Waals surface area contributed by atoms with Gasteiger partial charge in [0.2, 0.25) is 0 Å². The summed E-state index contributed by atoms with van der Waals surface area (Å²) in [5.74, 6) is -0.000983. The lowest BCUT2D eigenvalue weighted by atomic mass is 9.98. The van der Waals surface area contributed by atoms with E-state index in [-0.39, 0.29) is 11.7 Å². The van der Waals surface area contributed by atoms with E-state index in [1.54, 1.807) is 0 Å². The van der Waals surface area contributed by atoms with Crippen molar-refractivity contribution in [3.63, 3.8) is 0 Å². The topological polar surface area (TPSA) is 85.8 Å². The second-order valence-corrected chi connectivity index (χ2v) is 4.25. The van der Waals surface area contributed by atoms with Crippen molar-refractivity contribution in [3.8, 4) is 11.8 Å². The first-order valence-corrected chi connectivity index (χ1v) is 5.55. The van der Waals surface area contributed by atoms with E-state index in [1.165, 1.54) is 0 Å². The molecule has 4 nitrogen and oxygen atoms in total. The van der Waals surface area contributed by atoms with E-state index in [0.29, 0.717) is 13.0 Å². The third kappa shape index (κ3) is 2.10. The number of nitrogens with two attached hydrogens (primary N) is 1. The average Bonchev–Trinajstić information content (AvgIpc) is 2.70. The smallest absolute Gasteiger partial charge is 0.128 e.